The van der Waals surface area contributed by atoms with Crippen LogP contribution in [0.4, 0.5) is 0 Å². The smallest absolute Gasteiger partial charge is 0.322 e. The fourth-order valence-corrected chi connectivity index (χ4v) is 4.64. The number of aromatic nitrogens is 4. The predicted octanol–water partition coefficient (Wildman–Crippen LogP) is 0.904. The molecule has 16 nitrogen and oxygen atoms in total. The Morgan fingerprint density at radius 1 is 0.957 bits per heavy atom. The second kappa shape index (κ2) is 12.4. The zero-order valence-electron chi connectivity index (χ0n) is 23.0. The van der Waals surface area contributed by atoms with Gasteiger partial charge in [-0.2, -0.15) is 10.5 Å². The Hall–Kier alpha value is -6.78. The summed E-state index contributed by atoms with van der Waals surface area (Å²) >= 11 is 5.82. The Morgan fingerprint density at radius 3 is 2.33 bits per heavy atom. The lowest BCUT2D eigenvalue weighted by Crippen LogP contribution is -2.31. The molecule has 0 saturated carbocycles. The average Bonchev–Trinajstić information content (AvgIpc) is 3.49. The third kappa shape index (κ3) is 5.74. The highest BCUT2D eigenvalue weighted by atomic mass is 35.5. The van der Waals surface area contributed by atoms with E-state index in [0.29, 0.717) is 38.7 Å². The normalized spacial score (nSPS) is 12.3. The quantitative estimate of drug-likeness (QED) is 0.185. The van der Waals surface area contributed by atoms with Gasteiger partial charge < -0.3 is 26.0 Å². The summed E-state index contributed by atoms with van der Waals surface area (Å²) in [5.41, 5.74) is 7.13. The number of aromatic amines is 1. The number of ketones is 1. The molecule has 0 radical (unpaired) electrons. The molecule has 0 spiro atoms. The molecule has 0 aliphatic heterocycles. The SMILES string of the molecule is N#Cc1nc2c([nH]c1=O)-c1ccc(Cl)cc1C2=O.N#Cc1nc2c(nc1C(N)=O)-c1ccccc1/C2=N\OCC(=O)NCC(=O)O. The summed E-state index contributed by atoms with van der Waals surface area (Å²) in [6, 6.07) is 15.1. The van der Waals surface area contributed by atoms with Gasteiger partial charge in [-0.1, -0.05) is 47.1 Å². The molecular weight excluding hydrogens is 622 g/mol. The van der Waals surface area contributed by atoms with Gasteiger partial charge in [-0.25, -0.2) is 15.0 Å². The number of H-pyrrole nitrogens is 1. The van der Waals surface area contributed by atoms with E-state index in [4.69, 9.17) is 32.5 Å². The maximum atomic E-state index is 12.1. The van der Waals surface area contributed by atoms with Crippen LogP contribution in [0.1, 0.15) is 49.2 Å². The van der Waals surface area contributed by atoms with Gasteiger partial charge in [0.2, 0.25) is 11.5 Å². The standard InChI is InChI=1S/C17H12N6O5.C12H4ClN3O2/c18-5-10-15(17(19)27)22-13-8-3-1-2-4-9(8)14(16(13)21-10)23-28-7-11(24)20-6-12(25)26;13-5-1-2-6-7(3-5)11(17)10-9(6)16-12(18)8(4-14)15-10/h1-4H,6-7H2,(H2,19,27)(H,20,24)(H,25,26);1-3H,(H,16,18)/b23-14+;. The van der Waals surface area contributed by atoms with Crippen LogP contribution in [0, 0.1) is 22.7 Å². The van der Waals surface area contributed by atoms with Crippen molar-refractivity contribution in [1.82, 2.24) is 25.3 Å². The summed E-state index contributed by atoms with van der Waals surface area (Å²) in [7, 11) is 0. The first-order valence-corrected chi connectivity index (χ1v) is 13.2. The molecule has 2 heterocycles. The molecule has 6 rings (SSSR count). The zero-order chi connectivity index (χ0) is 33.1. The van der Waals surface area contributed by atoms with E-state index >= 15 is 0 Å². The van der Waals surface area contributed by atoms with Gasteiger partial charge in [0.05, 0.1) is 5.69 Å². The summed E-state index contributed by atoms with van der Waals surface area (Å²) in [6.45, 7) is -1.07. The van der Waals surface area contributed by atoms with Crippen LogP contribution in [0.3, 0.4) is 0 Å². The number of carboxylic acid groups (broad SMARTS) is 1. The van der Waals surface area contributed by atoms with E-state index in [9.17, 15) is 29.2 Å². The molecule has 2 aliphatic rings. The van der Waals surface area contributed by atoms with Crippen molar-refractivity contribution in [1.29, 1.82) is 10.5 Å². The van der Waals surface area contributed by atoms with Crippen LogP contribution in [0.15, 0.2) is 52.4 Å². The molecule has 226 valence electrons. The van der Waals surface area contributed by atoms with Crippen LogP contribution in [0.2, 0.25) is 5.02 Å². The number of carbonyl (C=O) groups is 4. The predicted molar refractivity (Wildman–Crippen MR) is 156 cm³/mol. The summed E-state index contributed by atoms with van der Waals surface area (Å²) in [5.74, 6) is -3.09. The van der Waals surface area contributed by atoms with Crippen LogP contribution in [0.25, 0.3) is 22.5 Å². The molecule has 0 unspecified atom stereocenters. The number of carboxylic acids is 1. The minimum atomic E-state index is -1.19. The topological polar surface area (TPSA) is 267 Å². The van der Waals surface area contributed by atoms with E-state index in [0.717, 1.165) is 0 Å². The monoisotopic (exact) mass is 637 g/mol. The van der Waals surface area contributed by atoms with Crippen molar-refractivity contribution in [2.45, 2.75) is 0 Å². The molecule has 0 fully saturated rings. The summed E-state index contributed by atoms with van der Waals surface area (Å²) in [6.07, 6.45) is 0. The maximum absolute atomic E-state index is 12.1. The average molecular weight is 638 g/mol. The zero-order valence-corrected chi connectivity index (χ0v) is 23.7. The van der Waals surface area contributed by atoms with Gasteiger partial charge >= 0.3 is 5.97 Å². The van der Waals surface area contributed by atoms with Gasteiger partial charge in [-0.05, 0) is 12.1 Å². The first kappa shape index (κ1) is 30.7. The van der Waals surface area contributed by atoms with Crippen molar-refractivity contribution in [2.75, 3.05) is 13.2 Å². The van der Waals surface area contributed by atoms with Crippen molar-refractivity contribution < 1.29 is 29.1 Å². The summed E-state index contributed by atoms with van der Waals surface area (Å²) in [5, 5.41) is 32.9. The molecule has 46 heavy (non-hydrogen) atoms. The van der Waals surface area contributed by atoms with Crippen molar-refractivity contribution in [3.63, 3.8) is 0 Å². The van der Waals surface area contributed by atoms with E-state index in [1.54, 1.807) is 48.5 Å². The van der Waals surface area contributed by atoms with Gasteiger partial charge in [-0.15, -0.1) is 0 Å². The molecule has 4 aromatic rings. The summed E-state index contributed by atoms with van der Waals surface area (Å²) in [4.78, 5) is 76.7. The second-order valence-electron chi connectivity index (χ2n) is 9.29. The number of halogens is 1. The van der Waals surface area contributed by atoms with Crippen LogP contribution in [-0.2, 0) is 14.4 Å². The van der Waals surface area contributed by atoms with Crippen molar-refractivity contribution in [3.05, 3.63) is 97.4 Å². The van der Waals surface area contributed by atoms with Crippen LogP contribution >= 0.6 is 11.6 Å². The Bertz CT molecular complexity index is 2180. The minimum Gasteiger partial charge on any atom is -0.480 e. The number of hydrogen-bond acceptors (Lipinski definition) is 12. The number of benzene rings is 2. The van der Waals surface area contributed by atoms with Crippen molar-refractivity contribution in [2.24, 2.45) is 10.9 Å². The molecule has 0 atom stereocenters. The molecule has 17 heteroatoms. The molecule has 2 amide bonds. The molecule has 0 saturated heterocycles. The number of aliphatic carboxylic acids is 1. The highest BCUT2D eigenvalue weighted by Gasteiger charge is 2.32. The van der Waals surface area contributed by atoms with Gasteiger partial charge in [0.25, 0.3) is 17.4 Å². The van der Waals surface area contributed by atoms with Crippen LogP contribution < -0.4 is 16.6 Å². The van der Waals surface area contributed by atoms with E-state index in [2.05, 4.69) is 30.4 Å². The third-order valence-electron chi connectivity index (χ3n) is 6.42. The lowest BCUT2D eigenvalue weighted by atomic mass is 10.1. The molecular formula is C29H16ClN9O7. The number of rotatable bonds is 6. The number of oxime groups is 1. The Labute approximate surface area is 261 Å². The van der Waals surface area contributed by atoms with Gasteiger partial charge in [0, 0.05) is 27.3 Å². The second-order valence-corrected chi connectivity index (χ2v) is 9.73. The fourth-order valence-electron chi connectivity index (χ4n) is 4.47. The first-order chi connectivity index (χ1) is 22.0. The third-order valence-corrected chi connectivity index (χ3v) is 6.65. The number of nitrogens with zero attached hydrogens (tertiary/aromatic N) is 6. The minimum absolute atomic E-state index is 0.0865. The summed E-state index contributed by atoms with van der Waals surface area (Å²) < 4.78 is 0. The Morgan fingerprint density at radius 2 is 1.65 bits per heavy atom. The molecule has 5 N–H and O–H groups in total. The molecule has 0 bridgehead atoms. The molecule has 2 aromatic heterocycles. The number of amides is 2. The van der Waals surface area contributed by atoms with Crippen LogP contribution in [-0.4, -0.2) is 67.5 Å². The number of carbonyl (C=O) groups excluding carboxylic acids is 3. The number of fused-ring (bicyclic) bond motifs is 6. The van der Waals surface area contributed by atoms with E-state index in [1.807, 2.05) is 0 Å². The number of nitriles is 2. The van der Waals surface area contributed by atoms with Gasteiger partial charge in [-0.3, -0.25) is 24.0 Å². The largest absolute Gasteiger partial charge is 0.480 e. The van der Waals surface area contributed by atoms with E-state index in [-0.39, 0.29) is 40.0 Å². The van der Waals surface area contributed by atoms with E-state index in [1.165, 1.54) is 6.07 Å². The van der Waals surface area contributed by atoms with Crippen molar-refractivity contribution in [3.8, 4) is 34.7 Å². The number of hydrogen-bond donors (Lipinski definition) is 4. The first-order valence-electron chi connectivity index (χ1n) is 12.8. The maximum Gasteiger partial charge on any atom is 0.322 e. The van der Waals surface area contributed by atoms with Gasteiger partial charge in [0.1, 0.15) is 41.5 Å². The van der Waals surface area contributed by atoms with Crippen LogP contribution in [0.5, 0.6) is 0 Å². The number of primary amides is 1. The lowest BCUT2D eigenvalue weighted by Gasteiger charge is -2.04. The van der Waals surface area contributed by atoms with Gasteiger partial charge in [0.15, 0.2) is 18.0 Å². The molecule has 2 aromatic carbocycles. The lowest BCUT2D eigenvalue weighted by molar-refractivity contribution is -0.138. The Kier molecular flexibility index (Phi) is 8.30. The highest BCUT2D eigenvalue weighted by Crippen LogP contribution is 2.36. The van der Waals surface area contributed by atoms with Crippen molar-refractivity contribution >= 4 is 40.9 Å². The Balaban J connectivity index is 0.000000198. The number of nitrogens with two attached hydrogens (primary N) is 1. The fraction of sp³-hybridized carbons (Fsp3) is 0.0690. The van der Waals surface area contributed by atoms with E-state index < -0.39 is 36.5 Å². The number of nitrogens with one attached hydrogen (secondary N) is 2. The highest BCUT2D eigenvalue weighted by molar-refractivity contribution is 6.32. The molecule has 2 aliphatic carbocycles.